The van der Waals surface area contributed by atoms with Gasteiger partial charge in [-0.1, -0.05) is 66.8 Å². The zero-order valence-electron chi connectivity index (χ0n) is 22.4. The van der Waals surface area contributed by atoms with Crippen LogP contribution in [0.1, 0.15) is 56.1 Å². The molecule has 39 heavy (non-hydrogen) atoms. The predicted octanol–water partition coefficient (Wildman–Crippen LogP) is 4.27. The topological polar surface area (TPSA) is 97.8 Å². The first-order valence-corrected chi connectivity index (χ1v) is 14.2. The maximum Gasteiger partial charge on any atom is 0.330 e. The molecule has 0 aromatic heterocycles. The minimum atomic E-state index is -1.05. The number of esters is 1. The van der Waals surface area contributed by atoms with Crippen LogP contribution in [0.4, 0.5) is 0 Å². The first kappa shape index (κ1) is 28.0. The number of cyclic esters (lactones) is 1. The van der Waals surface area contributed by atoms with Gasteiger partial charge in [0, 0.05) is 18.9 Å². The second-order valence-corrected chi connectivity index (χ2v) is 11.1. The fraction of sp³-hybridized carbons (Fsp3) is 0.531. The molecule has 1 aromatic rings. The van der Waals surface area contributed by atoms with Crippen molar-refractivity contribution in [1.82, 2.24) is 0 Å². The summed E-state index contributed by atoms with van der Waals surface area (Å²) in [6.45, 7) is 4.67. The molecule has 7 nitrogen and oxygen atoms in total. The lowest BCUT2D eigenvalue weighted by atomic mass is 9.96. The molecule has 2 bridgehead atoms. The summed E-state index contributed by atoms with van der Waals surface area (Å²) in [6, 6.07) is 8.16. The third kappa shape index (κ3) is 7.99. The molecule has 7 heteroatoms. The number of fused-ring (bicyclic) bond motifs is 4. The van der Waals surface area contributed by atoms with Gasteiger partial charge in [-0.15, -0.1) is 0 Å². The Morgan fingerprint density at radius 2 is 1.92 bits per heavy atom. The van der Waals surface area contributed by atoms with Gasteiger partial charge in [0.25, 0.3) is 0 Å². The monoisotopic (exact) mass is 536 g/mol. The first-order valence-electron chi connectivity index (χ1n) is 14.2. The largest absolute Gasteiger partial charge is 0.456 e. The van der Waals surface area contributed by atoms with E-state index in [0.717, 1.165) is 37.7 Å². The molecular weight excluding hydrogens is 496 g/mol. The van der Waals surface area contributed by atoms with Gasteiger partial charge in [-0.3, -0.25) is 0 Å². The Balaban J connectivity index is 1.25. The van der Waals surface area contributed by atoms with E-state index in [1.807, 2.05) is 24.3 Å². The highest BCUT2D eigenvalue weighted by molar-refractivity contribution is 5.82. The number of hydrogen-bond acceptors (Lipinski definition) is 7. The van der Waals surface area contributed by atoms with Crippen LogP contribution in [0.3, 0.4) is 0 Å². The Morgan fingerprint density at radius 3 is 2.79 bits per heavy atom. The Bertz CT molecular complexity index is 1090. The summed E-state index contributed by atoms with van der Waals surface area (Å²) >= 11 is 0. The maximum atomic E-state index is 12.7. The number of epoxide rings is 1. The van der Waals surface area contributed by atoms with Crippen molar-refractivity contribution in [3.05, 3.63) is 84.0 Å². The molecular formula is C32H40O7. The van der Waals surface area contributed by atoms with Gasteiger partial charge >= 0.3 is 5.97 Å². The quantitative estimate of drug-likeness (QED) is 0.338. The summed E-state index contributed by atoms with van der Waals surface area (Å²) in [4.78, 5) is 12.7. The third-order valence-corrected chi connectivity index (χ3v) is 7.92. The van der Waals surface area contributed by atoms with E-state index in [1.54, 1.807) is 12.2 Å². The van der Waals surface area contributed by atoms with Gasteiger partial charge < -0.3 is 29.2 Å². The molecule has 8 atom stereocenters. The molecule has 5 rings (SSSR count). The van der Waals surface area contributed by atoms with Crippen molar-refractivity contribution in [2.24, 2.45) is 0 Å². The predicted molar refractivity (Wildman–Crippen MR) is 147 cm³/mol. The summed E-state index contributed by atoms with van der Waals surface area (Å²) in [7, 11) is 0. The molecule has 2 N–H and O–H groups in total. The minimum Gasteiger partial charge on any atom is -0.456 e. The van der Waals surface area contributed by atoms with E-state index in [4.69, 9.17) is 18.9 Å². The van der Waals surface area contributed by atoms with E-state index in [9.17, 15) is 15.0 Å². The average Bonchev–Trinajstić information content (AvgIpc) is 3.70. The van der Waals surface area contributed by atoms with Crippen LogP contribution in [0.5, 0.6) is 0 Å². The highest BCUT2D eigenvalue weighted by atomic mass is 16.6. The molecule has 0 saturated carbocycles. The fourth-order valence-corrected chi connectivity index (χ4v) is 5.66. The normalized spacial score (nSPS) is 35.7. The summed E-state index contributed by atoms with van der Waals surface area (Å²) in [5, 5.41) is 21.8. The molecule has 0 radical (unpaired) electrons. The Labute approximate surface area is 230 Å². The molecule has 1 unspecified atom stereocenters. The highest BCUT2D eigenvalue weighted by Crippen LogP contribution is 2.34. The molecule has 1 saturated heterocycles. The molecule has 1 aromatic carbocycles. The minimum absolute atomic E-state index is 0.0812. The number of benzene rings is 1. The lowest BCUT2D eigenvalue weighted by Crippen LogP contribution is -2.32. The molecule has 0 aliphatic carbocycles. The molecule has 4 heterocycles. The number of carbonyl (C=O) groups excluding carboxylic acids is 1. The highest BCUT2D eigenvalue weighted by Gasteiger charge is 2.46. The molecule has 0 spiro atoms. The SMILES string of the molecule is C=C1CCC[C@@H]2CC=C[C@@H](C/C=C\C(=O)O[C@H]([C@@H](O)/C=C/C3Cc4ccccc4CO3)C[C@@H]3O[C@H]3[C@@H](O)C1)O2. The lowest BCUT2D eigenvalue weighted by molar-refractivity contribution is -0.148. The van der Waals surface area contributed by atoms with Crippen LogP contribution in [0.2, 0.25) is 0 Å². The van der Waals surface area contributed by atoms with Crippen molar-refractivity contribution in [1.29, 1.82) is 0 Å². The first-order chi connectivity index (χ1) is 18.9. The van der Waals surface area contributed by atoms with Crippen molar-refractivity contribution in [3.8, 4) is 0 Å². The zero-order chi connectivity index (χ0) is 27.2. The number of hydrogen-bond donors (Lipinski definition) is 2. The van der Waals surface area contributed by atoms with Crippen LogP contribution in [-0.4, -0.2) is 65.0 Å². The molecule has 4 aliphatic rings. The van der Waals surface area contributed by atoms with Gasteiger partial charge in [-0.2, -0.15) is 0 Å². The summed E-state index contributed by atoms with van der Waals surface area (Å²) < 4.78 is 23.6. The van der Waals surface area contributed by atoms with Crippen LogP contribution in [-0.2, 0) is 36.8 Å². The van der Waals surface area contributed by atoms with E-state index >= 15 is 0 Å². The van der Waals surface area contributed by atoms with Crippen molar-refractivity contribution >= 4 is 5.97 Å². The number of aliphatic hydroxyl groups excluding tert-OH is 2. The van der Waals surface area contributed by atoms with Crippen LogP contribution in [0.25, 0.3) is 0 Å². The van der Waals surface area contributed by atoms with Crippen LogP contribution in [0.15, 0.2) is 72.9 Å². The maximum absolute atomic E-state index is 12.7. The van der Waals surface area contributed by atoms with Crippen molar-refractivity contribution < 1.29 is 34.0 Å². The second kappa shape index (κ2) is 13.2. The molecule has 0 amide bonds. The van der Waals surface area contributed by atoms with Crippen molar-refractivity contribution in [3.63, 3.8) is 0 Å². The van der Waals surface area contributed by atoms with Gasteiger partial charge in [-0.25, -0.2) is 4.79 Å². The number of carbonyl (C=O) groups is 1. The number of rotatable bonds is 3. The molecule has 4 aliphatic heterocycles. The van der Waals surface area contributed by atoms with Gasteiger partial charge in [0.05, 0.1) is 37.1 Å². The van der Waals surface area contributed by atoms with Crippen molar-refractivity contribution in [2.45, 2.75) is 107 Å². The zero-order valence-corrected chi connectivity index (χ0v) is 22.4. The van der Waals surface area contributed by atoms with Crippen LogP contribution in [0, 0.1) is 0 Å². The van der Waals surface area contributed by atoms with Gasteiger partial charge in [-0.05, 0) is 49.7 Å². The van der Waals surface area contributed by atoms with E-state index < -0.39 is 24.3 Å². The Hall–Kier alpha value is -2.55. The number of aliphatic hydroxyl groups is 2. The van der Waals surface area contributed by atoms with Gasteiger partial charge in [0.2, 0.25) is 0 Å². The summed E-state index contributed by atoms with van der Waals surface area (Å²) in [5.74, 6) is -0.529. The van der Waals surface area contributed by atoms with E-state index in [2.05, 4.69) is 24.8 Å². The standard InChI is InChI=1S/C32H40O7/c1-21-7-4-10-24-11-5-12-25(37-24)13-6-14-31(35)38-29(19-30-32(39-30)28(34)17-21)27(33)16-15-26-18-22-8-2-3-9-23(22)20-36-26/h2-3,5-6,8-9,12,14-16,24-30,32-34H,1,4,7,10-11,13,17-20H2/b14-6-,16-15+/t24-,25+,26?,27+,28+,29+,30+,32+/m1/s1. The summed E-state index contributed by atoms with van der Waals surface area (Å²) in [5.41, 5.74) is 3.40. The van der Waals surface area contributed by atoms with E-state index in [-0.39, 0.29) is 36.9 Å². The Kier molecular flexibility index (Phi) is 9.48. The summed E-state index contributed by atoms with van der Waals surface area (Å²) in [6.07, 6.45) is 13.1. The van der Waals surface area contributed by atoms with Gasteiger partial charge in [0.15, 0.2) is 0 Å². The van der Waals surface area contributed by atoms with Crippen LogP contribution < -0.4 is 0 Å². The van der Waals surface area contributed by atoms with E-state index in [0.29, 0.717) is 19.4 Å². The van der Waals surface area contributed by atoms with Crippen molar-refractivity contribution in [2.75, 3.05) is 0 Å². The van der Waals surface area contributed by atoms with E-state index in [1.165, 1.54) is 17.2 Å². The fourth-order valence-electron chi connectivity index (χ4n) is 5.66. The number of ether oxygens (including phenoxy) is 4. The van der Waals surface area contributed by atoms with Gasteiger partial charge in [0.1, 0.15) is 18.3 Å². The third-order valence-electron chi connectivity index (χ3n) is 7.92. The lowest BCUT2D eigenvalue weighted by Gasteiger charge is -2.26. The second-order valence-electron chi connectivity index (χ2n) is 11.1. The molecule has 210 valence electrons. The molecule has 1 fully saturated rings. The van der Waals surface area contributed by atoms with Crippen LogP contribution >= 0.6 is 0 Å². The average molecular weight is 537 g/mol. The Morgan fingerprint density at radius 1 is 1.08 bits per heavy atom. The smallest absolute Gasteiger partial charge is 0.330 e.